The van der Waals surface area contributed by atoms with E-state index < -0.39 is 0 Å². The number of esters is 1. The second kappa shape index (κ2) is 5.17. The summed E-state index contributed by atoms with van der Waals surface area (Å²) < 4.78 is 4.57. The zero-order valence-electron chi connectivity index (χ0n) is 9.28. The minimum Gasteiger partial charge on any atom is -0.507 e. The Hall–Kier alpha value is -2.02. The Morgan fingerprint density at radius 1 is 1.50 bits per heavy atom. The molecule has 0 bridgehead atoms. The summed E-state index contributed by atoms with van der Waals surface area (Å²) in [4.78, 5) is 11.2. The van der Waals surface area contributed by atoms with E-state index in [0.717, 1.165) is 11.1 Å². The first-order chi connectivity index (χ1) is 7.62. The van der Waals surface area contributed by atoms with Gasteiger partial charge in [-0.1, -0.05) is 6.92 Å². The SMILES string of the molecule is CCc1cc(O)c(C#N)cc1CC(=O)OC. The largest absolute Gasteiger partial charge is 0.507 e. The van der Waals surface area contributed by atoms with Gasteiger partial charge in [-0.25, -0.2) is 0 Å². The van der Waals surface area contributed by atoms with Crippen LogP contribution in [0.2, 0.25) is 0 Å². The smallest absolute Gasteiger partial charge is 0.309 e. The molecule has 0 aromatic heterocycles. The van der Waals surface area contributed by atoms with E-state index in [1.807, 2.05) is 13.0 Å². The number of aromatic hydroxyl groups is 1. The third kappa shape index (κ3) is 2.51. The van der Waals surface area contributed by atoms with Crippen molar-refractivity contribution in [2.75, 3.05) is 7.11 Å². The van der Waals surface area contributed by atoms with Gasteiger partial charge in [-0.15, -0.1) is 0 Å². The maximum absolute atomic E-state index is 11.2. The molecule has 0 amide bonds. The van der Waals surface area contributed by atoms with Crippen molar-refractivity contribution in [2.24, 2.45) is 0 Å². The molecule has 0 aliphatic rings. The lowest BCUT2D eigenvalue weighted by atomic mass is 9.99. The fraction of sp³-hybridized carbons (Fsp3) is 0.333. The van der Waals surface area contributed by atoms with Crippen molar-refractivity contribution in [3.05, 3.63) is 28.8 Å². The monoisotopic (exact) mass is 219 g/mol. The maximum atomic E-state index is 11.2. The lowest BCUT2D eigenvalue weighted by Crippen LogP contribution is -2.07. The molecular formula is C12H13NO3. The zero-order chi connectivity index (χ0) is 12.1. The highest BCUT2D eigenvalue weighted by atomic mass is 16.5. The zero-order valence-corrected chi connectivity index (χ0v) is 9.28. The van der Waals surface area contributed by atoms with Crippen molar-refractivity contribution >= 4 is 5.97 Å². The second-order valence-electron chi connectivity index (χ2n) is 3.36. The first kappa shape index (κ1) is 12.1. The van der Waals surface area contributed by atoms with Gasteiger partial charge in [-0.05, 0) is 29.7 Å². The first-order valence-corrected chi connectivity index (χ1v) is 4.94. The van der Waals surface area contributed by atoms with Crippen molar-refractivity contribution in [1.29, 1.82) is 5.26 Å². The molecule has 0 aliphatic heterocycles. The number of aryl methyl sites for hydroxylation is 1. The van der Waals surface area contributed by atoms with E-state index >= 15 is 0 Å². The molecule has 1 aromatic rings. The Labute approximate surface area is 94.1 Å². The number of phenolic OH excluding ortho intramolecular Hbond substituents is 1. The highest BCUT2D eigenvalue weighted by molar-refractivity contribution is 5.73. The first-order valence-electron chi connectivity index (χ1n) is 4.94. The molecule has 0 fully saturated rings. The van der Waals surface area contributed by atoms with Gasteiger partial charge in [0.15, 0.2) is 0 Å². The van der Waals surface area contributed by atoms with Crippen LogP contribution in [0.5, 0.6) is 5.75 Å². The van der Waals surface area contributed by atoms with Crippen LogP contribution in [0.15, 0.2) is 12.1 Å². The molecule has 1 rings (SSSR count). The average Bonchev–Trinajstić information content (AvgIpc) is 2.30. The van der Waals surface area contributed by atoms with Crippen LogP contribution in [0.3, 0.4) is 0 Å². The van der Waals surface area contributed by atoms with Gasteiger partial charge >= 0.3 is 5.97 Å². The number of methoxy groups -OCH3 is 1. The number of carbonyl (C=O) groups excluding carboxylic acids is 1. The molecule has 0 saturated carbocycles. The summed E-state index contributed by atoms with van der Waals surface area (Å²) in [6.07, 6.45) is 0.806. The summed E-state index contributed by atoms with van der Waals surface area (Å²) >= 11 is 0. The molecule has 0 aliphatic carbocycles. The highest BCUT2D eigenvalue weighted by Crippen LogP contribution is 2.23. The standard InChI is InChI=1S/C12H13NO3/c1-3-8-5-11(14)10(7-13)4-9(8)6-12(15)16-2/h4-5,14H,3,6H2,1-2H3. The Bertz CT molecular complexity index is 446. The quantitative estimate of drug-likeness (QED) is 0.783. The molecule has 0 spiro atoms. The van der Waals surface area contributed by atoms with Crippen LogP contribution >= 0.6 is 0 Å². The van der Waals surface area contributed by atoms with Crippen LogP contribution in [0.25, 0.3) is 0 Å². The topological polar surface area (TPSA) is 70.3 Å². The Balaban J connectivity index is 3.15. The molecule has 4 heteroatoms. The van der Waals surface area contributed by atoms with Gasteiger partial charge in [0, 0.05) is 0 Å². The van der Waals surface area contributed by atoms with Crippen LogP contribution in [-0.2, 0) is 22.4 Å². The molecule has 1 N–H and O–H groups in total. The van der Waals surface area contributed by atoms with Crippen molar-refractivity contribution in [3.8, 4) is 11.8 Å². The van der Waals surface area contributed by atoms with E-state index in [-0.39, 0.29) is 23.7 Å². The van der Waals surface area contributed by atoms with E-state index in [9.17, 15) is 9.90 Å². The third-order valence-corrected chi connectivity index (χ3v) is 2.38. The number of rotatable bonds is 3. The predicted molar refractivity (Wildman–Crippen MR) is 57.9 cm³/mol. The molecule has 0 radical (unpaired) electrons. The Morgan fingerprint density at radius 3 is 2.69 bits per heavy atom. The highest BCUT2D eigenvalue weighted by Gasteiger charge is 2.11. The molecule has 4 nitrogen and oxygen atoms in total. The Kier molecular flexibility index (Phi) is 3.90. The van der Waals surface area contributed by atoms with Gasteiger partial charge in [0.05, 0.1) is 19.1 Å². The lowest BCUT2D eigenvalue weighted by molar-refractivity contribution is -0.139. The molecule has 0 heterocycles. The Morgan fingerprint density at radius 2 is 2.19 bits per heavy atom. The molecule has 0 atom stereocenters. The van der Waals surface area contributed by atoms with Gasteiger partial charge in [-0.2, -0.15) is 5.26 Å². The van der Waals surface area contributed by atoms with Gasteiger partial charge in [0.2, 0.25) is 0 Å². The summed E-state index contributed by atoms with van der Waals surface area (Å²) in [5.74, 6) is -0.405. The summed E-state index contributed by atoms with van der Waals surface area (Å²) in [5, 5.41) is 18.3. The van der Waals surface area contributed by atoms with Crippen LogP contribution in [-0.4, -0.2) is 18.2 Å². The second-order valence-corrected chi connectivity index (χ2v) is 3.36. The summed E-state index contributed by atoms with van der Waals surface area (Å²) in [6, 6.07) is 4.93. The molecule has 0 unspecified atom stereocenters. The van der Waals surface area contributed by atoms with Crippen LogP contribution in [0.4, 0.5) is 0 Å². The van der Waals surface area contributed by atoms with Crippen LogP contribution in [0.1, 0.15) is 23.6 Å². The van der Waals surface area contributed by atoms with Gasteiger partial charge in [-0.3, -0.25) is 4.79 Å². The molecular weight excluding hydrogens is 206 g/mol. The van der Waals surface area contributed by atoms with E-state index in [1.165, 1.54) is 19.2 Å². The molecule has 84 valence electrons. The summed E-state index contributed by atoms with van der Waals surface area (Å²) in [7, 11) is 1.32. The number of benzene rings is 1. The number of phenols is 1. The third-order valence-electron chi connectivity index (χ3n) is 2.38. The van der Waals surface area contributed by atoms with Crippen LogP contribution in [0, 0.1) is 11.3 Å². The van der Waals surface area contributed by atoms with Crippen molar-refractivity contribution in [1.82, 2.24) is 0 Å². The lowest BCUT2D eigenvalue weighted by Gasteiger charge is -2.08. The van der Waals surface area contributed by atoms with Gasteiger partial charge in [0.1, 0.15) is 11.8 Å². The van der Waals surface area contributed by atoms with E-state index in [4.69, 9.17) is 5.26 Å². The van der Waals surface area contributed by atoms with Crippen molar-refractivity contribution < 1.29 is 14.6 Å². The molecule has 16 heavy (non-hydrogen) atoms. The minimum absolute atomic E-state index is 0.0482. The fourth-order valence-electron chi connectivity index (χ4n) is 1.49. The maximum Gasteiger partial charge on any atom is 0.309 e. The van der Waals surface area contributed by atoms with Gasteiger partial charge < -0.3 is 9.84 Å². The number of carbonyl (C=O) groups is 1. The van der Waals surface area contributed by atoms with E-state index in [1.54, 1.807) is 0 Å². The fourth-order valence-corrected chi connectivity index (χ4v) is 1.49. The van der Waals surface area contributed by atoms with Gasteiger partial charge in [0.25, 0.3) is 0 Å². The molecule has 1 aromatic carbocycles. The van der Waals surface area contributed by atoms with E-state index in [0.29, 0.717) is 6.42 Å². The van der Waals surface area contributed by atoms with Crippen molar-refractivity contribution in [3.63, 3.8) is 0 Å². The number of nitrogens with zero attached hydrogens (tertiary/aromatic N) is 1. The molecule has 0 saturated heterocycles. The van der Waals surface area contributed by atoms with Crippen molar-refractivity contribution in [2.45, 2.75) is 19.8 Å². The predicted octanol–water partition coefficient (Wildman–Crippen LogP) is 1.54. The number of nitriles is 1. The average molecular weight is 219 g/mol. The number of ether oxygens (including phenoxy) is 1. The summed E-state index contributed by atoms with van der Waals surface area (Å²) in [5.41, 5.74) is 1.75. The van der Waals surface area contributed by atoms with E-state index in [2.05, 4.69) is 4.74 Å². The number of hydrogen-bond acceptors (Lipinski definition) is 4. The summed E-state index contributed by atoms with van der Waals surface area (Å²) in [6.45, 7) is 1.92. The minimum atomic E-state index is -0.357. The number of hydrogen-bond donors (Lipinski definition) is 1. The normalized spacial score (nSPS) is 9.56. The van der Waals surface area contributed by atoms with Crippen LogP contribution < -0.4 is 0 Å².